The molecule has 0 saturated carbocycles. The second-order valence-electron chi connectivity index (χ2n) is 4.54. The van der Waals surface area contributed by atoms with Crippen molar-refractivity contribution in [3.05, 3.63) is 11.5 Å². The average molecular weight is 260 g/mol. The first-order chi connectivity index (χ1) is 8.04. The highest BCUT2D eigenvalue weighted by Crippen LogP contribution is 2.18. The molecule has 0 aromatic carbocycles. The number of rotatable bonds is 2. The Hall–Kier alpha value is -2.05. The fourth-order valence-electron chi connectivity index (χ4n) is 0.709. The van der Waals surface area contributed by atoms with Crippen LogP contribution < -0.4 is 0 Å². The van der Waals surface area contributed by atoms with Gasteiger partial charge in [0.05, 0.1) is 0 Å². The minimum atomic E-state index is -1.36. The number of carboxylic acid groups (broad SMARTS) is 1. The third-order valence-corrected chi connectivity index (χ3v) is 1.19. The van der Waals surface area contributed by atoms with E-state index < -0.39 is 29.1 Å². The van der Waals surface area contributed by atoms with Gasteiger partial charge in [0.15, 0.2) is 0 Å². The van der Waals surface area contributed by atoms with Crippen molar-refractivity contribution in [1.82, 2.24) is 0 Å². The monoisotopic (exact) mass is 260 g/mol. The Kier molecular flexibility index (Phi) is 5.35. The summed E-state index contributed by atoms with van der Waals surface area (Å²) in [7, 11) is 0. The molecule has 0 aliphatic heterocycles. The first-order valence-electron chi connectivity index (χ1n) is 5.07. The van der Waals surface area contributed by atoms with Crippen LogP contribution in [0.5, 0.6) is 0 Å². The number of esters is 1. The Morgan fingerprint density at radius 3 is 1.67 bits per heavy atom. The number of ether oxygens (including phenoxy) is 1. The summed E-state index contributed by atoms with van der Waals surface area (Å²) in [6, 6.07) is 0. The van der Waals surface area contributed by atoms with E-state index in [4.69, 9.17) is 9.84 Å². The number of Topliss-reactive ketones (excluding diaryl/α,β-unsaturated/α-hetero) is 1. The molecular weight excluding hydrogens is 244 g/mol. The third-order valence-electron chi connectivity index (χ3n) is 1.19. The predicted molar refractivity (Wildman–Crippen MR) is 59.5 cm³/mol. The van der Waals surface area contributed by atoms with Crippen molar-refractivity contribution in [2.24, 2.45) is 0 Å². The van der Waals surface area contributed by atoms with Crippen molar-refractivity contribution in [2.75, 3.05) is 0 Å². The molecule has 0 amide bonds. The predicted octanol–water partition coefficient (Wildman–Crippen LogP) is 2.12. The summed E-state index contributed by atoms with van der Waals surface area (Å²) in [6.07, 6.45) is 0. The van der Waals surface area contributed by atoms with Crippen molar-refractivity contribution in [3.63, 3.8) is 0 Å². The summed E-state index contributed by atoms with van der Waals surface area (Å²) < 4.78 is 13.2. The van der Waals surface area contributed by atoms with E-state index in [0.717, 1.165) is 0 Å². The zero-order chi connectivity index (χ0) is 14.5. The van der Waals surface area contributed by atoms with Gasteiger partial charge >= 0.3 is 23.5 Å². The Labute approximate surface area is 104 Å². The minimum absolute atomic E-state index is 0.167. The molecule has 1 heterocycles. The van der Waals surface area contributed by atoms with Crippen LogP contribution in [0.3, 0.4) is 0 Å². The van der Waals surface area contributed by atoms with Crippen LogP contribution >= 0.6 is 0 Å². The largest absolute Gasteiger partial charge is 0.475 e. The molecule has 0 unspecified atom stereocenters. The van der Waals surface area contributed by atoms with Crippen molar-refractivity contribution >= 4 is 17.7 Å². The molecule has 1 rings (SSSR count). The van der Waals surface area contributed by atoms with Gasteiger partial charge in [-0.05, 0) is 34.6 Å². The molecule has 1 N–H and O–H groups in total. The SMILES string of the molecule is CC(C)(C)OC(=O)c1ooc1C(=O)O.CC(C)=O. The Balaban J connectivity index is 0.000000631. The molecule has 102 valence electrons. The molecule has 1 aromatic rings. The number of hydrogen-bond acceptors (Lipinski definition) is 6. The van der Waals surface area contributed by atoms with Crippen LogP contribution in [-0.2, 0) is 9.53 Å². The fraction of sp³-hybridized carbons (Fsp3) is 0.545. The lowest BCUT2D eigenvalue weighted by molar-refractivity contribution is -0.115. The first-order valence-corrected chi connectivity index (χ1v) is 5.07. The van der Waals surface area contributed by atoms with Gasteiger partial charge in [0.2, 0.25) is 0 Å². The number of hydrogen-bond donors (Lipinski definition) is 1. The third kappa shape index (κ3) is 5.88. The highest BCUT2D eigenvalue weighted by atomic mass is 17.0. The second-order valence-corrected chi connectivity index (χ2v) is 4.54. The molecule has 7 nitrogen and oxygen atoms in total. The molecule has 1 aromatic heterocycles. The number of ketones is 1. The summed E-state index contributed by atoms with van der Waals surface area (Å²) >= 11 is 0. The lowest BCUT2D eigenvalue weighted by atomic mass is 10.2. The molecule has 18 heavy (non-hydrogen) atoms. The van der Waals surface area contributed by atoms with E-state index >= 15 is 0 Å². The Morgan fingerprint density at radius 1 is 1.06 bits per heavy atom. The van der Waals surface area contributed by atoms with Crippen LogP contribution in [0.2, 0.25) is 0 Å². The summed E-state index contributed by atoms with van der Waals surface area (Å²) in [6.45, 7) is 8.03. The molecule has 0 atom stereocenters. The van der Waals surface area contributed by atoms with Gasteiger partial charge in [0, 0.05) is 0 Å². The molecule has 0 radical (unpaired) electrons. The number of aromatic carboxylic acids is 1. The summed E-state index contributed by atoms with van der Waals surface area (Å²) in [5.74, 6) is -2.98. The molecule has 0 bridgehead atoms. The number of carbonyl (C=O) groups excluding carboxylic acids is 2. The van der Waals surface area contributed by atoms with Crippen LogP contribution in [0.1, 0.15) is 55.7 Å². The normalized spacial score (nSPS) is 10.3. The zero-order valence-corrected chi connectivity index (χ0v) is 10.9. The molecule has 0 aliphatic carbocycles. The Morgan fingerprint density at radius 2 is 1.44 bits per heavy atom. The van der Waals surface area contributed by atoms with Gasteiger partial charge in [-0.3, -0.25) is 9.15 Å². The standard InChI is InChI=1S/C8H10O6.C3H6O/c1-8(2,3)12-7(11)5-4(6(9)10)13-14-5;1-3(2)4/h1-3H3,(H,9,10);1-2H3. The van der Waals surface area contributed by atoms with E-state index in [-0.39, 0.29) is 5.78 Å². The van der Waals surface area contributed by atoms with E-state index in [0.29, 0.717) is 0 Å². The smallest absolute Gasteiger partial charge is 0.384 e. The maximum Gasteiger partial charge on any atom is 0.384 e. The van der Waals surface area contributed by atoms with Crippen molar-refractivity contribution < 1.29 is 33.4 Å². The molecule has 7 heteroatoms. The summed E-state index contributed by atoms with van der Waals surface area (Å²) in [4.78, 5) is 31.0. The fourth-order valence-corrected chi connectivity index (χ4v) is 0.709. The topological polar surface area (TPSA) is 107 Å². The molecule has 0 spiro atoms. The van der Waals surface area contributed by atoms with Gasteiger partial charge in [0.25, 0.3) is 0 Å². The van der Waals surface area contributed by atoms with Crippen LogP contribution in [0.4, 0.5) is 0 Å². The van der Waals surface area contributed by atoms with Crippen LogP contribution in [0, 0.1) is 0 Å². The van der Waals surface area contributed by atoms with Crippen LogP contribution in [0.15, 0.2) is 9.15 Å². The van der Waals surface area contributed by atoms with E-state index in [1.165, 1.54) is 13.8 Å². The van der Waals surface area contributed by atoms with Gasteiger partial charge < -0.3 is 14.6 Å². The highest BCUT2D eigenvalue weighted by molar-refractivity contribution is 5.98. The second kappa shape index (κ2) is 6.04. The maximum absolute atomic E-state index is 11.2. The maximum atomic E-state index is 11.2. The molecule has 0 saturated heterocycles. The average Bonchev–Trinajstić information content (AvgIpc) is 1.93. The summed E-state index contributed by atoms with van der Waals surface area (Å²) in [5.41, 5.74) is -0.702. The van der Waals surface area contributed by atoms with Gasteiger partial charge in [-0.2, -0.15) is 0 Å². The van der Waals surface area contributed by atoms with Crippen LogP contribution in [-0.4, -0.2) is 28.4 Å². The van der Waals surface area contributed by atoms with Gasteiger partial charge in [-0.15, -0.1) is 0 Å². The van der Waals surface area contributed by atoms with E-state index in [1.54, 1.807) is 20.8 Å². The lowest BCUT2D eigenvalue weighted by Gasteiger charge is -2.18. The van der Waals surface area contributed by atoms with Gasteiger partial charge in [-0.1, -0.05) is 0 Å². The molecular formula is C11H16O7. The molecule has 0 aliphatic rings. The van der Waals surface area contributed by atoms with E-state index in [1.807, 2.05) is 0 Å². The Bertz CT molecular complexity index is 426. The van der Waals surface area contributed by atoms with Crippen LogP contribution in [0.25, 0.3) is 0 Å². The van der Waals surface area contributed by atoms with Crippen molar-refractivity contribution in [3.8, 4) is 0 Å². The van der Waals surface area contributed by atoms with Gasteiger partial charge in [0.1, 0.15) is 11.4 Å². The highest BCUT2D eigenvalue weighted by Gasteiger charge is 2.32. The van der Waals surface area contributed by atoms with E-state index in [2.05, 4.69) is 9.15 Å². The number of carbonyl (C=O) groups is 3. The van der Waals surface area contributed by atoms with E-state index in [9.17, 15) is 14.4 Å². The summed E-state index contributed by atoms with van der Waals surface area (Å²) in [5, 5.41) is 8.48. The van der Waals surface area contributed by atoms with Crippen molar-refractivity contribution in [1.29, 1.82) is 0 Å². The quantitative estimate of drug-likeness (QED) is 0.640. The number of carboxylic acids is 1. The lowest BCUT2D eigenvalue weighted by Crippen LogP contribution is -2.26. The van der Waals surface area contributed by atoms with Crippen molar-refractivity contribution in [2.45, 2.75) is 40.2 Å². The minimum Gasteiger partial charge on any atom is -0.475 e. The first kappa shape index (κ1) is 16.0. The zero-order valence-electron chi connectivity index (χ0n) is 10.9. The van der Waals surface area contributed by atoms with Gasteiger partial charge in [-0.25, -0.2) is 9.59 Å². The molecule has 0 fully saturated rings.